The number of benzene rings is 2. The standard InChI is InChI=1S/C34H45N9O4/c1-23(2)40-13-15-41(16-14-40)31(44)27-7-11-29(12-8-27)36-34(45)35-28-9-5-26(6-10-28)30-37-32(42-17-19-46-21-24(42)3)39-33(38-30)43-18-20-47-22-25(43)4/h5-12,23-25H,13-22H2,1-4H3,(H2,35,36,45)/t24-,25-/m0/s1. The van der Waals surface area contributed by atoms with Gasteiger partial charge in [0.25, 0.3) is 5.91 Å². The molecule has 0 unspecified atom stereocenters. The van der Waals surface area contributed by atoms with Crippen LogP contribution in [0, 0.1) is 0 Å². The van der Waals surface area contributed by atoms with Crippen molar-refractivity contribution in [3.05, 3.63) is 54.1 Å². The van der Waals surface area contributed by atoms with Crippen LogP contribution in [0.3, 0.4) is 0 Å². The fourth-order valence-electron chi connectivity index (χ4n) is 6.10. The van der Waals surface area contributed by atoms with E-state index in [1.807, 2.05) is 29.2 Å². The van der Waals surface area contributed by atoms with Crippen molar-refractivity contribution >= 4 is 35.2 Å². The van der Waals surface area contributed by atoms with E-state index in [1.165, 1.54) is 0 Å². The molecule has 2 atom stereocenters. The van der Waals surface area contributed by atoms with Crippen molar-refractivity contribution < 1.29 is 19.1 Å². The number of piperazine rings is 1. The lowest BCUT2D eigenvalue weighted by Gasteiger charge is -2.37. The highest BCUT2D eigenvalue weighted by molar-refractivity contribution is 6.00. The van der Waals surface area contributed by atoms with Gasteiger partial charge in [0.05, 0.1) is 38.5 Å². The maximum absolute atomic E-state index is 13.0. The molecule has 2 N–H and O–H groups in total. The van der Waals surface area contributed by atoms with Crippen LogP contribution in [0.15, 0.2) is 48.5 Å². The van der Waals surface area contributed by atoms with Crippen LogP contribution in [0.4, 0.5) is 28.1 Å². The molecule has 4 heterocycles. The molecule has 47 heavy (non-hydrogen) atoms. The van der Waals surface area contributed by atoms with Crippen LogP contribution in [-0.2, 0) is 9.47 Å². The van der Waals surface area contributed by atoms with Gasteiger partial charge >= 0.3 is 6.03 Å². The summed E-state index contributed by atoms with van der Waals surface area (Å²) in [6.45, 7) is 15.6. The third-order valence-electron chi connectivity index (χ3n) is 8.98. The van der Waals surface area contributed by atoms with Crippen LogP contribution < -0.4 is 20.4 Å². The third-order valence-corrected chi connectivity index (χ3v) is 8.98. The number of ether oxygens (including phenoxy) is 2. The zero-order valence-corrected chi connectivity index (χ0v) is 27.7. The summed E-state index contributed by atoms with van der Waals surface area (Å²) in [5.41, 5.74) is 2.64. The second kappa shape index (κ2) is 14.6. The first kappa shape index (κ1) is 32.6. The number of nitrogens with zero attached hydrogens (tertiary/aromatic N) is 7. The lowest BCUT2D eigenvalue weighted by atomic mass is 10.1. The molecule has 0 saturated carbocycles. The summed E-state index contributed by atoms with van der Waals surface area (Å²) in [5, 5.41) is 5.73. The first-order valence-corrected chi connectivity index (χ1v) is 16.5. The van der Waals surface area contributed by atoms with Crippen LogP contribution in [0.5, 0.6) is 0 Å². The second-order valence-corrected chi connectivity index (χ2v) is 12.6. The number of hydrogen-bond donors (Lipinski definition) is 2. The topological polar surface area (TPSA) is 128 Å². The van der Waals surface area contributed by atoms with Gasteiger partial charge < -0.3 is 34.8 Å². The predicted molar refractivity (Wildman–Crippen MR) is 182 cm³/mol. The van der Waals surface area contributed by atoms with Crippen LogP contribution in [-0.4, -0.2) is 121 Å². The summed E-state index contributed by atoms with van der Waals surface area (Å²) in [4.78, 5) is 49.0. The van der Waals surface area contributed by atoms with Gasteiger partial charge in [-0.05, 0) is 76.2 Å². The molecule has 3 fully saturated rings. The molecule has 1 aromatic heterocycles. The Hall–Kier alpha value is -4.33. The van der Waals surface area contributed by atoms with Crippen molar-refractivity contribution in [3.8, 4) is 11.4 Å². The van der Waals surface area contributed by atoms with Gasteiger partial charge in [-0.15, -0.1) is 0 Å². The Bertz CT molecular complexity index is 1490. The van der Waals surface area contributed by atoms with Crippen molar-refractivity contribution in [2.75, 3.05) is 86.1 Å². The fraction of sp³-hybridized carbons (Fsp3) is 0.500. The van der Waals surface area contributed by atoms with Gasteiger partial charge in [0, 0.05) is 67.8 Å². The zero-order valence-electron chi connectivity index (χ0n) is 27.7. The van der Waals surface area contributed by atoms with Gasteiger partial charge in [-0.3, -0.25) is 9.69 Å². The number of carbonyl (C=O) groups excluding carboxylic acids is 2. The van der Waals surface area contributed by atoms with E-state index in [4.69, 9.17) is 24.4 Å². The molecule has 0 aliphatic carbocycles. The number of nitrogens with one attached hydrogen (secondary N) is 2. The highest BCUT2D eigenvalue weighted by atomic mass is 16.5. The molecule has 0 spiro atoms. The molecule has 13 heteroatoms. The van der Waals surface area contributed by atoms with Gasteiger partial charge in [0.2, 0.25) is 11.9 Å². The molecule has 3 aliphatic rings. The number of rotatable bonds is 7. The largest absolute Gasteiger partial charge is 0.377 e. The molecule has 13 nitrogen and oxygen atoms in total. The van der Waals surface area contributed by atoms with E-state index in [0.717, 1.165) is 18.7 Å². The van der Waals surface area contributed by atoms with E-state index in [9.17, 15) is 9.59 Å². The number of anilines is 4. The predicted octanol–water partition coefficient (Wildman–Crippen LogP) is 3.80. The monoisotopic (exact) mass is 643 g/mol. The average molecular weight is 644 g/mol. The minimum atomic E-state index is -0.381. The molecule has 2 aromatic carbocycles. The minimum absolute atomic E-state index is 0.0147. The Morgan fingerprint density at radius 2 is 1.23 bits per heavy atom. The van der Waals surface area contributed by atoms with Gasteiger partial charge in [-0.1, -0.05) is 0 Å². The fourth-order valence-corrected chi connectivity index (χ4v) is 6.10. The number of morpholine rings is 2. The molecule has 3 amide bonds. The van der Waals surface area contributed by atoms with E-state index in [2.05, 4.69) is 53.0 Å². The molecule has 0 radical (unpaired) electrons. The normalized spacial score (nSPS) is 20.7. The maximum atomic E-state index is 13.0. The summed E-state index contributed by atoms with van der Waals surface area (Å²) in [7, 11) is 0. The lowest BCUT2D eigenvalue weighted by molar-refractivity contribution is 0.0595. The quantitative estimate of drug-likeness (QED) is 0.393. The number of amides is 3. The smallest absolute Gasteiger partial charge is 0.323 e. The molecule has 6 rings (SSSR count). The third kappa shape index (κ3) is 7.80. The summed E-state index contributed by atoms with van der Waals surface area (Å²) in [6, 6.07) is 14.8. The van der Waals surface area contributed by atoms with Crippen molar-refractivity contribution in [3.63, 3.8) is 0 Å². The Balaban J connectivity index is 1.10. The molecule has 0 bridgehead atoms. The number of carbonyl (C=O) groups is 2. The average Bonchev–Trinajstić information content (AvgIpc) is 3.09. The summed E-state index contributed by atoms with van der Waals surface area (Å²) in [6.07, 6.45) is 0. The number of urea groups is 1. The lowest BCUT2D eigenvalue weighted by Crippen LogP contribution is -2.50. The summed E-state index contributed by atoms with van der Waals surface area (Å²) in [5.74, 6) is 1.83. The van der Waals surface area contributed by atoms with Crippen molar-refractivity contribution in [2.45, 2.75) is 45.8 Å². The van der Waals surface area contributed by atoms with E-state index in [1.54, 1.807) is 24.3 Å². The van der Waals surface area contributed by atoms with Gasteiger partial charge in [0.1, 0.15) is 0 Å². The second-order valence-electron chi connectivity index (χ2n) is 12.6. The maximum Gasteiger partial charge on any atom is 0.323 e. The molecule has 250 valence electrons. The van der Waals surface area contributed by atoms with Crippen LogP contribution in [0.1, 0.15) is 38.1 Å². The van der Waals surface area contributed by atoms with E-state index in [0.29, 0.717) is 93.3 Å². The van der Waals surface area contributed by atoms with Crippen LogP contribution in [0.25, 0.3) is 11.4 Å². The Morgan fingerprint density at radius 1 is 0.723 bits per heavy atom. The van der Waals surface area contributed by atoms with Crippen LogP contribution >= 0.6 is 0 Å². The Labute approximate surface area is 276 Å². The van der Waals surface area contributed by atoms with E-state index in [-0.39, 0.29) is 24.0 Å². The van der Waals surface area contributed by atoms with Crippen molar-refractivity contribution in [1.29, 1.82) is 0 Å². The van der Waals surface area contributed by atoms with Crippen molar-refractivity contribution in [2.24, 2.45) is 0 Å². The first-order valence-electron chi connectivity index (χ1n) is 16.5. The highest BCUT2D eigenvalue weighted by Crippen LogP contribution is 2.26. The molecule has 3 aliphatic heterocycles. The minimum Gasteiger partial charge on any atom is -0.377 e. The van der Waals surface area contributed by atoms with Crippen LogP contribution in [0.2, 0.25) is 0 Å². The SMILES string of the molecule is CC(C)N1CCN(C(=O)c2ccc(NC(=O)Nc3ccc(-c4nc(N5CCOC[C@@H]5C)nc(N5CCOC[C@@H]5C)n4)cc3)cc2)CC1. The zero-order chi connectivity index (χ0) is 32.9. The van der Waals surface area contributed by atoms with Gasteiger partial charge in [-0.2, -0.15) is 15.0 Å². The molecular formula is C34H45N9O4. The molecule has 3 saturated heterocycles. The van der Waals surface area contributed by atoms with E-state index < -0.39 is 0 Å². The van der Waals surface area contributed by atoms with Gasteiger partial charge in [-0.25, -0.2) is 4.79 Å². The van der Waals surface area contributed by atoms with Gasteiger partial charge in [0.15, 0.2) is 5.82 Å². The Kier molecular flexibility index (Phi) is 10.1. The number of aromatic nitrogens is 3. The summed E-state index contributed by atoms with van der Waals surface area (Å²) < 4.78 is 11.3. The first-order chi connectivity index (χ1) is 22.7. The van der Waals surface area contributed by atoms with Crippen molar-refractivity contribution in [1.82, 2.24) is 24.8 Å². The highest BCUT2D eigenvalue weighted by Gasteiger charge is 2.27. The molecular weight excluding hydrogens is 598 g/mol. The molecule has 3 aromatic rings. The summed E-state index contributed by atoms with van der Waals surface area (Å²) >= 11 is 0. The Morgan fingerprint density at radius 3 is 1.72 bits per heavy atom. The van der Waals surface area contributed by atoms with E-state index >= 15 is 0 Å². The number of hydrogen-bond acceptors (Lipinski definition) is 10.